The van der Waals surface area contributed by atoms with Gasteiger partial charge in [0.1, 0.15) is 0 Å². The molecule has 4 heteroatoms. The predicted octanol–water partition coefficient (Wildman–Crippen LogP) is 1.15. The van der Waals surface area contributed by atoms with Crippen molar-refractivity contribution in [1.82, 2.24) is 5.16 Å². The van der Waals surface area contributed by atoms with E-state index in [1.807, 2.05) is 0 Å². The summed E-state index contributed by atoms with van der Waals surface area (Å²) in [5.41, 5.74) is 6.64. The van der Waals surface area contributed by atoms with Crippen molar-refractivity contribution in [3.05, 3.63) is 11.8 Å². The van der Waals surface area contributed by atoms with Crippen molar-refractivity contribution < 1.29 is 9.26 Å². The second kappa shape index (κ2) is 3.15. The zero-order valence-electron chi connectivity index (χ0n) is 6.82. The Bertz CT molecular complexity index is 253. The number of ether oxygens (including phenoxy) is 1. The molecule has 0 spiro atoms. The van der Waals surface area contributed by atoms with Gasteiger partial charge in [-0.1, -0.05) is 5.16 Å². The molecule has 1 aromatic heterocycles. The van der Waals surface area contributed by atoms with Crippen LogP contribution in [0.2, 0.25) is 0 Å². The molecule has 4 nitrogen and oxygen atoms in total. The van der Waals surface area contributed by atoms with Gasteiger partial charge in [-0.25, -0.2) is 0 Å². The molecule has 12 heavy (non-hydrogen) atoms. The molecule has 0 bridgehead atoms. The third-order valence-corrected chi connectivity index (χ3v) is 2.29. The summed E-state index contributed by atoms with van der Waals surface area (Å²) in [5, 5.41) is 3.66. The van der Waals surface area contributed by atoms with Crippen LogP contribution < -0.4 is 5.73 Å². The van der Waals surface area contributed by atoms with Gasteiger partial charge in [0.2, 0.25) is 5.88 Å². The highest BCUT2D eigenvalue weighted by atomic mass is 16.5. The molecule has 1 aromatic rings. The van der Waals surface area contributed by atoms with Crippen LogP contribution in [0, 0.1) is 0 Å². The maximum Gasteiger partial charge on any atom is 0.225 e. The minimum atomic E-state index is 0.460. The highest BCUT2D eigenvalue weighted by Crippen LogP contribution is 2.30. The van der Waals surface area contributed by atoms with Crippen LogP contribution in [0.25, 0.3) is 0 Å². The van der Waals surface area contributed by atoms with Crippen molar-refractivity contribution in [1.29, 1.82) is 0 Å². The van der Waals surface area contributed by atoms with Crippen LogP contribution in [0.4, 0.5) is 5.88 Å². The Morgan fingerprint density at radius 1 is 1.42 bits per heavy atom. The van der Waals surface area contributed by atoms with Crippen LogP contribution >= 0.6 is 0 Å². The first-order valence-corrected chi connectivity index (χ1v) is 4.15. The average Bonchev–Trinajstić information content (AvgIpc) is 2.53. The Morgan fingerprint density at radius 3 is 2.75 bits per heavy atom. The molecular weight excluding hydrogens is 156 g/mol. The van der Waals surface area contributed by atoms with Gasteiger partial charge in [0, 0.05) is 18.8 Å². The Balaban J connectivity index is 2.13. The van der Waals surface area contributed by atoms with Gasteiger partial charge in [-0.05, 0) is 18.8 Å². The molecule has 1 aliphatic heterocycles. The summed E-state index contributed by atoms with van der Waals surface area (Å²) in [6.07, 6.45) is 3.75. The third kappa shape index (κ3) is 1.30. The average molecular weight is 168 g/mol. The van der Waals surface area contributed by atoms with E-state index in [4.69, 9.17) is 15.0 Å². The van der Waals surface area contributed by atoms with E-state index in [0.717, 1.165) is 31.6 Å². The van der Waals surface area contributed by atoms with Crippen LogP contribution in [0.1, 0.15) is 24.3 Å². The van der Waals surface area contributed by atoms with Crippen molar-refractivity contribution >= 4 is 5.88 Å². The number of hydrogen-bond acceptors (Lipinski definition) is 4. The van der Waals surface area contributed by atoms with Crippen LogP contribution in [0.15, 0.2) is 10.7 Å². The standard InChI is InChI=1S/C8H12N2O2/c9-8-7(5-10-12-8)6-1-3-11-4-2-6/h5-6H,1-4,9H2. The molecule has 1 fully saturated rings. The molecule has 2 rings (SSSR count). The number of nitrogens with zero attached hydrogens (tertiary/aromatic N) is 1. The van der Waals surface area contributed by atoms with Crippen LogP contribution in [-0.4, -0.2) is 18.4 Å². The van der Waals surface area contributed by atoms with Crippen molar-refractivity contribution in [3.63, 3.8) is 0 Å². The number of nitrogens with two attached hydrogens (primary N) is 1. The zero-order valence-corrected chi connectivity index (χ0v) is 6.82. The number of nitrogen functional groups attached to an aromatic ring is 1. The van der Waals surface area contributed by atoms with E-state index in [1.54, 1.807) is 6.20 Å². The maximum atomic E-state index is 5.60. The molecule has 0 amide bonds. The molecule has 2 heterocycles. The van der Waals surface area contributed by atoms with Gasteiger partial charge in [0.05, 0.1) is 6.20 Å². The Labute approximate surface area is 70.7 Å². The summed E-state index contributed by atoms with van der Waals surface area (Å²) < 4.78 is 10.1. The second-order valence-electron chi connectivity index (χ2n) is 3.03. The normalized spacial score (nSPS) is 19.7. The van der Waals surface area contributed by atoms with Crippen molar-refractivity contribution in [2.45, 2.75) is 18.8 Å². The van der Waals surface area contributed by atoms with Gasteiger partial charge < -0.3 is 15.0 Å². The number of hydrogen-bond donors (Lipinski definition) is 1. The number of aromatic nitrogens is 1. The lowest BCUT2D eigenvalue weighted by Crippen LogP contribution is -2.14. The van der Waals surface area contributed by atoms with Gasteiger partial charge >= 0.3 is 0 Å². The van der Waals surface area contributed by atoms with E-state index >= 15 is 0 Å². The molecule has 0 saturated carbocycles. The molecule has 66 valence electrons. The zero-order chi connectivity index (χ0) is 8.39. The van der Waals surface area contributed by atoms with E-state index in [0.29, 0.717) is 11.8 Å². The Hall–Kier alpha value is -1.03. The summed E-state index contributed by atoms with van der Waals surface area (Å²) >= 11 is 0. The molecule has 2 N–H and O–H groups in total. The molecule has 0 radical (unpaired) electrons. The van der Waals surface area contributed by atoms with E-state index in [2.05, 4.69) is 5.16 Å². The summed E-state index contributed by atoms with van der Waals surface area (Å²) in [6, 6.07) is 0. The van der Waals surface area contributed by atoms with Gasteiger partial charge in [0.25, 0.3) is 0 Å². The fraction of sp³-hybridized carbons (Fsp3) is 0.625. The Kier molecular flexibility index (Phi) is 1.99. The molecule has 0 unspecified atom stereocenters. The number of anilines is 1. The lowest BCUT2D eigenvalue weighted by Gasteiger charge is -2.20. The first-order valence-electron chi connectivity index (χ1n) is 4.15. The van der Waals surface area contributed by atoms with Gasteiger partial charge in [-0.15, -0.1) is 0 Å². The van der Waals surface area contributed by atoms with Crippen LogP contribution in [0.3, 0.4) is 0 Å². The number of rotatable bonds is 1. The fourth-order valence-electron chi connectivity index (χ4n) is 1.57. The van der Waals surface area contributed by atoms with Crippen molar-refractivity contribution in [3.8, 4) is 0 Å². The lowest BCUT2D eigenvalue weighted by atomic mass is 9.94. The quantitative estimate of drug-likeness (QED) is 0.683. The summed E-state index contributed by atoms with van der Waals surface area (Å²) in [6.45, 7) is 1.63. The molecule has 0 aliphatic carbocycles. The van der Waals surface area contributed by atoms with Crippen molar-refractivity contribution in [2.24, 2.45) is 0 Å². The van der Waals surface area contributed by atoms with Crippen molar-refractivity contribution in [2.75, 3.05) is 18.9 Å². The first-order chi connectivity index (χ1) is 5.88. The summed E-state index contributed by atoms with van der Waals surface area (Å²) in [4.78, 5) is 0. The van der Waals surface area contributed by atoms with E-state index < -0.39 is 0 Å². The molecule has 0 aromatic carbocycles. The topological polar surface area (TPSA) is 61.3 Å². The molecule has 1 saturated heterocycles. The molecule has 0 atom stereocenters. The van der Waals surface area contributed by atoms with E-state index in [1.165, 1.54) is 0 Å². The third-order valence-electron chi connectivity index (χ3n) is 2.29. The maximum absolute atomic E-state index is 5.60. The van der Waals surface area contributed by atoms with Gasteiger partial charge in [0.15, 0.2) is 0 Å². The summed E-state index contributed by atoms with van der Waals surface area (Å²) in [5.74, 6) is 0.937. The van der Waals surface area contributed by atoms with Crippen LogP contribution in [-0.2, 0) is 4.74 Å². The predicted molar refractivity (Wildman–Crippen MR) is 43.7 cm³/mol. The summed E-state index contributed by atoms with van der Waals surface area (Å²) in [7, 11) is 0. The fourth-order valence-corrected chi connectivity index (χ4v) is 1.57. The lowest BCUT2D eigenvalue weighted by molar-refractivity contribution is 0.0854. The minimum absolute atomic E-state index is 0.460. The monoisotopic (exact) mass is 168 g/mol. The largest absolute Gasteiger partial charge is 0.381 e. The Morgan fingerprint density at radius 2 is 2.17 bits per heavy atom. The minimum Gasteiger partial charge on any atom is -0.381 e. The van der Waals surface area contributed by atoms with E-state index in [9.17, 15) is 0 Å². The highest BCUT2D eigenvalue weighted by Gasteiger charge is 2.20. The van der Waals surface area contributed by atoms with Gasteiger partial charge in [-0.2, -0.15) is 0 Å². The SMILES string of the molecule is Nc1oncc1C1CCOCC1. The first kappa shape index (κ1) is 7.61. The smallest absolute Gasteiger partial charge is 0.225 e. The molecule has 1 aliphatic rings. The second-order valence-corrected chi connectivity index (χ2v) is 3.03. The highest BCUT2D eigenvalue weighted by molar-refractivity contribution is 5.36. The van der Waals surface area contributed by atoms with E-state index in [-0.39, 0.29) is 0 Å². The van der Waals surface area contributed by atoms with Crippen LogP contribution in [0.5, 0.6) is 0 Å². The van der Waals surface area contributed by atoms with Gasteiger partial charge in [-0.3, -0.25) is 0 Å². The molecular formula is C8H12N2O2.